The van der Waals surface area contributed by atoms with Crippen molar-refractivity contribution in [2.24, 2.45) is 0 Å². The van der Waals surface area contributed by atoms with Gasteiger partial charge in [0.1, 0.15) is 19.8 Å². The second-order valence-electron chi connectivity index (χ2n) is 7.04. The molecule has 0 atom stereocenters. The molecule has 1 aromatic heterocycles. The molecular formula is C23H23N3O5S. The molecule has 0 aliphatic carbocycles. The molecule has 9 heteroatoms. The van der Waals surface area contributed by atoms with Gasteiger partial charge in [-0.1, -0.05) is 30.3 Å². The molecular weight excluding hydrogens is 430 g/mol. The molecule has 2 heterocycles. The van der Waals surface area contributed by atoms with E-state index in [4.69, 9.17) is 14.2 Å². The lowest BCUT2D eigenvalue weighted by molar-refractivity contribution is -0.116. The van der Waals surface area contributed by atoms with Crippen molar-refractivity contribution in [2.75, 3.05) is 25.1 Å². The van der Waals surface area contributed by atoms with Crippen LogP contribution in [-0.4, -0.2) is 36.7 Å². The summed E-state index contributed by atoms with van der Waals surface area (Å²) in [4.78, 5) is 28.4. The normalized spacial score (nSPS) is 12.1. The lowest BCUT2D eigenvalue weighted by Crippen LogP contribution is -2.26. The summed E-state index contributed by atoms with van der Waals surface area (Å²) in [7, 11) is 0. The minimum absolute atomic E-state index is 0.160. The standard InChI is InChI=1S/C23H23N3O5S/c27-21(7-4-10-24-23(28)31-14-16-5-2-1-3-6-16)26-22-25-18(15-32-22)17-8-9-19-20(13-17)30-12-11-29-19/h1-3,5-6,8-9,13,15H,4,7,10-12,14H2,(H,24,28)(H,25,26,27). The van der Waals surface area contributed by atoms with Crippen molar-refractivity contribution in [3.8, 4) is 22.8 Å². The van der Waals surface area contributed by atoms with Crippen molar-refractivity contribution < 1.29 is 23.8 Å². The molecule has 32 heavy (non-hydrogen) atoms. The molecule has 2 aromatic carbocycles. The number of carbonyl (C=O) groups excluding carboxylic acids is 2. The first-order valence-electron chi connectivity index (χ1n) is 10.3. The van der Waals surface area contributed by atoms with E-state index in [2.05, 4.69) is 15.6 Å². The highest BCUT2D eigenvalue weighted by Gasteiger charge is 2.14. The first-order valence-corrected chi connectivity index (χ1v) is 11.2. The van der Waals surface area contributed by atoms with Gasteiger partial charge in [-0.15, -0.1) is 11.3 Å². The van der Waals surface area contributed by atoms with E-state index >= 15 is 0 Å². The van der Waals surface area contributed by atoms with Crippen LogP contribution in [0.25, 0.3) is 11.3 Å². The zero-order valence-corrected chi connectivity index (χ0v) is 18.2. The third-order valence-corrected chi connectivity index (χ3v) is 5.41. The Kier molecular flexibility index (Phi) is 7.19. The Morgan fingerprint density at radius 2 is 1.88 bits per heavy atom. The van der Waals surface area contributed by atoms with Crippen molar-refractivity contribution in [1.82, 2.24) is 10.3 Å². The van der Waals surface area contributed by atoms with Crippen LogP contribution in [0.1, 0.15) is 18.4 Å². The third-order valence-electron chi connectivity index (χ3n) is 4.65. The summed E-state index contributed by atoms with van der Waals surface area (Å²) in [6.45, 7) is 1.63. The molecule has 0 saturated carbocycles. The Hall–Kier alpha value is -3.59. The Morgan fingerprint density at radius 3 is 2.72 bits per heavy atom. The van der Waals surface area contributed by atoms with Crippen LogP contribution in [0, 0.1) is 0 Å². The second kappa shape index (κ2) is 10.6. The van der Waals surface area contributed by atoms with Gasteiger partial charge < -0.3 is 24.8 Å². The first kappa shape index (κ1) is 21.6. The van der Waals surface area contributed by atoms with Gasteiger partial charge in [-0.25, -0.2) is 9.78 Å². The number of nitrogens with one attached hydrogen (secondary N) is 2. The number of rotatable bonds is 8. The smallest absolute Gasteiger partial charge is 0.407 e. The molecule has 0 saturated heterocycles. The number of fused-ring (bicyclic) bond motifs is 1. The van der Waals surface area contributed by atoms with Crippen LogP contribution in [0.5, 0.6) is 11.5 Å². The molecule has 0 fully saturated rings. The van der Waals surface area contributed by atoms with E-state index in [1.807, 2.05) is 53.9 Å². The number of hydrogen-bond donors (Lipinski definition) is 2. The number of hydrogen-bond acceptors (Lipinski definition) is 7. The molecule has 0 unspecified atom stereocenters. The van der Waals surface area contributed by atoms with Crippen LogP contribution in [0.4, 0.5) is 9.93 Å². The Bertz CT molecular complexity index is 1070. The molecule has 1 aliphatic heterocycles. The molecule has 1 aliphatic rings. The number of thiazole rings is 1. The molecule has 3 aromatic rings. The largest absolute Gasteiger partial charge is 0.486 e. The van der Waals surface area contributed by atoms with E-state index in [1.54, 1.807) is 0 Å². The second-order valence-corrected chi connectivity index (χ2v) is 7.89. The molecule has 4 rings (SSSR count). The monoisotopic (exact) mass is 453 g/mol. The predicted molar refractivity (Wildman–Crippen MR) is 121 cm³/mol. The number of carbonyl (C=O) groups is 2. The van der Waals surface area contributed by atoms with E-state index in [1.165, 1.54) is 11.3 Å². The van der Waals surface area contributed by atoms with Gasteiger partial charge in [0, 0.05) is 23.9 Å². The summed E-state index contributed by atoms with van der Waals surface area (Å²) >= 11 is 1.35. The van der Waals surface area contributed by atoms with Gasteiger partial charge in [0.05, 0.1) is 5.69 Å². The average molecular weight is 454 g/mol. The van der Waals surface area contributed by atoms with Crippen molar-refractivity contribution >= 4 is 28.5 Å². The summed E-state index contributed by atoms with van der Waals surface area (Å²) in [6.07, 6.45) is 0.253. The summed E-state index contributed by atoms with van der Waals surface area (Å²) in [5.41, 5.74) is 2.57. The molecule has 2 amide bonds. The minimum Gasteiger partial charge on any atom is -0.486 e. The van der Waals surface area contributed by atoms with E-state index in [9.17, 15) is 9.59 Å². The van der Waals surface area contributed by atoms with Crippen LogP contribution in [0.3, 0.4) is 0 Å². The van der Waals surface area contributed by atoms with Crippen LogP contribution < -0.4 is 20.1 Å². The van der Waals surface area contributed by atoms with Gasteiger partial charge in [-0.3, -0.25) is 4.79 Å². The lowest BCUT2D eigenvalue weighted by Gasteiger charge is -2.18. The molecule has 2 N–H and O–H groups in total. The van der Waals surface area contributed by atoms with Gasteiger partial charge in [-0.2, -0.15) is 0 Å². The lowest BCUT2D eigenvalue weighted by atomic mass is 10.1. The maximum absolute atomic E-state index is 12.2. The highest BCUT2D eigenvalue weighted by molar-refractivity contribution is 7.14. The number of nitrogens with zero attached hydrogens (tertiary/aromatic N) is 1. The number of alkyl carbamates (subject to hydrolysis) is 1. The van der Waals surface area contributed by atoms with E-state index in [-0.39, 0.29) is 18.9 Å². The maximum atomic E-state index is 12.2. The summed E-state index contributed by atoms with van der Waals surface area (Å²) < 4.78 is 16.3. The van der Waals surface area contributed by atoms with Crippen molar-refractivity contribution in [1.29, 1.82) is 0 Å². The fourth-order valence-electron chi connectivity index (χ4n) is 3.06. The molecule has 0 bridgehead atoms. The zero-order chi connectivity index (χ0) is 22.2. The highest BCUT2D eigenvalue weighted by Crippen LogP contribution is 2.35. The van der Waals surface area contributed by atoms with E-state index < -0.39 is 6.09 Å². The fraction of sp³-hybridized carbons (Fsp3) is 0.261. The molecule has 0 radical (unpaired) electrons. The Morgan fingerprint density at radius 1 is 1.06 bits per heavy atom. The Balaban J connectivity index is 1.17. The summed E-state index contributed by atoms with van der Waals surface area (Å²) in [5, 5.41) is 7.85. The van der Waals surface area contributed by atoms with Crippen molar-refractivity contribution in [2.45, 2.75) is 19.4 Å². The number of anilines is 1. The fourth-order valence-corrected chi connectivity index (χ4v) is 3.80. The van der Waals surface area contributed by atoms with E-state index in [0.717, 1.165) is 22.6 Å². The summed E-state index contributed by atoms with van der Waals surface area (Å²) in [6, 6.07) is 15.1. The average Bonchev–Trinajstić information content (AvgIpc) is 3.29. The van der Waals surface area contributed by atoms with Crippen LogP contribution in [0.2, 0.25) is 0 Å². The first-order chi connectivity index (χ1) is 15.7. The van der Waals surface area contributed by atoms with Crippen LogP contribution in [0.15, 0.2) is 53.9 Å². The minimum atomic E-state index is -0.502. The van der Waals surface area contributed by atoms with Gasteiger partial charge in [-0.05, 0) is 30.2 Å². The molecule has 8 nitrogen and oxygen atoms in total. The molecule has 0 spiro atoms. The number of aromatic nitrogens is 1. The number of benzene rings is 2. The summed E-state index contributed by atoms with van der Waals surface area (Å²) in [5.74, 6) is 1.26. The number of amides is 2. The third kappa shape index (κ3) is 5.98. The maximum Gasteiger partial charge on any atom is 0.407 e. The number of ether oxygens (including phenoxy) is 3. The highest BCUT2D eigenvalue weighted by atomic mass is 32.1. The SMILES string of the molecule is O=C(CCCNC(=O)OCc1ccccc1)Nc1nc(-c2ccc3c(c2)OCCO3)cs1. The van der Waals surface area contributed by atoms with Crippen molar-refractivity contribution in [3.05, 3.63) is 59.5 Å². The predicted octanol–water partition coefficient (Wildman–Crippen LogP) is 4.23. The zero-order valence-electron chi connectivity index (χ0n) is 17.3. The van der Waals surface area contributed by atoms with Gasteiger partial charge in [0.25, 0.3) is 0 Å². The van der Waals surface area contributed by atoms with Crippen molar-refractivity contribution in [3.63, 3.8) is 0 Å². The molecule has 166 valence electrons. The quantitative estimate of drug-likeness (QED) is 0.496. The van der Waals surface area contributed by atoms with Gasteiger partial charge >= 0.3 is 6.09 Å². The van der Waals surface area contributed by atoms with Crippen LogP contribution in [-0.2, 0) is 16.1 Å². The Labute approximate surface area is 189 Å². The van der Waals surface area contributed by atoms with E-state index in [0.29, 0.717) is 37.1 Å². The van der Waals surface area contributed by atoms with Gasteiger partial charge in [0.15, 0.2) is 16.6 Å². The van der Waals surface area contributed by atoms with Crippen LogP contribution >= 0.6 is 11.3 Å². The topological polar surface area (TPSA) is 98.8 Å². The van der Waals surface area contributed by atoms with Gasteiger partial charge in [0.2, 0.25) is 5.91 Å².